The Morgan fingerprint density at radius 3 is 1.67 bits per heavy atom. The van der Waals surface area contributed by atoms with Gasteiger partial charge in [-0.25, -0.2) is 0 Å². The van der Waals surface area contributed by atoms with Gasteiger partial charge in [0.25, 0.3) is 0 Å². The molecule has 0 radical (unpaired) electrons. The van der Waals surface area contributed by atoms with Crippen molar-refractivity contribution in [3.63, 3.8) is 0 Å². The molecule has 0 amide bonds. The zero-order valence-corrected chi connectivity index (χ0v) is 8.92. The Kier molecular flexibility index (Phi) is 1.48. The van der Waals surface area contributed by atoms with Crippen LogP contribution >= 0.6 is 0 Å². The summed E-state index contributed by atoms with van der Waals surface area (Å²) in [7, 11) is 1.12. The average Bonchev–Trinajstić information content (AvgIpc) is 2.02. The van der Waals surface area contributed by atoms with Crippen molar-refractivity contribution in [2.24, 2.45) is 17.8 Å². The van der Waals surface area contributed by atoms with Crippen molar-refractivity contribution in [2.45, 2.75) is 37.4 Å². The number of aliphatic hydroxyl groups is 1. The van der Waals surface area contributed by atoms with Gasteiger partial charge in [0.15, 0.2) is 0 Å². The summed E-state index contributed by atoms with van der Waals surface area (Å²) in [6, 6.07) is 4.70. The Balaban J connectivity index is 1.90. The monoisotopic (exact) mass is 183 g/mol. The van der Waals surface area contributed by atoms with E-state index in [-0.39, 0.29) is 0 Å². The van der Waals surface area contributed by atoms with Crippen LogP contribution in [0.25, 0.3) is 0 Å². The van der Waals surface area contributed by atoms with Crippen LogP contribution in [-0.4, -0.2) is 19.9 Å². The van der Waals surface area contributed by atoms with E-state index in [2.05, 4.69) is 7.11 Å². The predicted octanol–water partition coefficient (Wildman–Crippen LogP) is 2.15. The van der Waals surface area contributed by atoms with Gasteiger partial charge < -0.3 is 4.43 Å². The first-order valence-electron chi connectivity index (χ1n) is 5.41. The van der Waals surface area contributed by atoms with Crippen LogP contribution in [0.2, 0.25) is 18.1 Å². The lowest BCUT2D eigenvalue weighted by atomic mass is 9.76. The molecule has 4 aliphatic rings. The summed E-state index contributed by atoms with van der Waals surface area (Å²) in [6.07, 6.45) is 4.71. The van der Waals surface area contributed by atoms with Gasteiger partial charge in [-0.2, -0.15) is 0 Å². The molecule has 4 rings (SSSR count). The molecule has 12 heavy (non-hydrogen) atoms. The van der Waals surface area contributed by atoms with E-state index in [9.17, 15) is 0 Å². The predicted molar refractivity (Wildman–Crippen MR) is 52.6 cm³/mol. The molecule has 0 aromatic rings. The minimum Gasteiger partial charge on any atom is -0.533 e. The van der Waals surface area contributed by atoms with Gasteiger partial charge in [-0.1, -0.05) is 0 Å². The first kappa shape index (κ1) is 7.57. The van der Waals surface area contributed by atoms with E-state index in [0.717, 1.165) is 17.8 Å². The fourth-order valence-corrected chi connectivity index (χ4v) is 9.61. The normalized spacial score (nSPS) is 56.2. The van der Waals surface area contributed by atoms with Crippen molar-refractivity contribution >= 4 is 8.32 Å². The molecule has 4 bridgehead atoms. The topological polar surface area (TPSA) is 12.8 Å². The van der Waals surface area contributed by atoms with Gasteiger partial charge in [-0.3, -0.25) is 0 Å². The fourth-order valence-electron chi connectivity index (χ4n) is 4.34. The van der Waals surface area contributed by atoms with Crippen molar-refractivity contribution in [1.29, 1.82) is 0 Å². The lowest BCUT2D eigenvalue weighted by molar-refractivity contribution is 0.103. The van der Waals surface area contributed by atoms with Crippen LogP contribution in [0.4, 0.5) is 0 Å². The maximum atomic E-state index is 4.82. The zero-order valence-electron chi connectivity index (χ0n) is 7.92. The quantitative estimate of drug-likeness (QED) is 0.436. The molecule has 0 unspecified atom stereocenters. The van der Waals surface area contributed by atoms with Crippen LogP contribution in [0, 0.1) is 17.8 Å². The molecule has 1 aliphatic carbocycles. The minimum atomic E-state index is -0.995. The molecular formula is C10H19OSi+. The Morgan fingerprint density at radius 2 is 1.33 bits per heavy atom. The summed E-state index contributed by atoms with van der Waals surface area (Å²) >= 11 is 0. The molecule has 3 heterocycles. The van der Waals surface area contributed by atoms with E-state index < -0.39 is 8.32 Å². The smallest absolute Gasteiger partial charge is 0.385 e. The van der Waals surface area contributed by atoms with Crippen LogP contribution in [0.15, 0.2) is 0 Å². The largest absolute Gasteiger partial charge is 0.533 e. The Bertz CT molecular complexity index is 167. The van der Waals surface area contributed by atoms with Crippen molar-refractivity contribution in [3.8, 4) is 0 Å². The third-order valence-corrected chi connectivity index (χ3v) is 9.44. The second-order valence-electron chi connectivity index (χ2n) is 5.37. The van der Waals surface area contributed by atoms with Gasteiger partial charge in [-0.15, -0.1) is 0 Å². The molecule has 2 heteroatoms. The van der Waals surface area contributed by atoms with Crippen molar-refractivity contribution in [1.82, 2.24) is 0 Å². The maximum Gasteiger partial charge on any atom is 0.385 e. The van der Waals surface area contributed by atoms with E-state index in [4.69, 9.17) is 4.43 Å². The molecular weight excluding hydrogens is 164 g/mol. The summed E-state index contributed by atoms with van der Waals surface area (Å²) < 4.78 is 4.82. The molecule has 0 spiro atoms. The third-order valence-electron chi connectivity index (χ3n) is 4.48. The summed E-state index contributed by atoms with van der Waals surface area (Å²) in [6.45, 7) is 0. The molecule has 68 valence electrons. The molecule has 1 nitrogen and oxygen atoms in total. The van der Waals surface area contributed by atoms with Crippen LogP contribution in [0.5, 0.6) is 0 Å². The standard InChI is InChI=1S/C10H18OSi/c1-11-12-5-8-2-9(6-12)4-10(3-8)7-12/h8-10H,2-7H2,1H3/p+1. The molecule has 0 aromatic heterocycles. The Labute approximate surface area is 75.6 Å². The minimum absolute atomic E-state index is 0.995. The third kappa shape index (κ3) is 0.941. The number of hydrogen-bond acceptors (Lipinski definition) is 0. The first-order valence-corrected chi connectivity index (χ1v) is 7.97. The van der Waals surface area contributed by atoms with E-state index in [0.29, 0.717) is 0 Å². The molecule has 0 aromatic carbocycles. The van der Waals surface area contributed by atoms with Crippen LogP contribution in [0.3, 0.4) is 0 Å². The second-order valence-corrected chi connectivity index (χ2v) is 9.49. The highest BCUT2D eigenvalue weighted by Crippen LogP contribution is 2.55. The van der Waals surface area contributed by atoms with Gasteiger partial charge in [0.1, 0.15) is 7.11 Å². The summed E-state index contributed by atoms with van der Waals surface area (Å²) in [5, 5.41) is 0. The summed E-state index contributed by atoms with van der Waals surface area (Å²) in [5.41, 5.74) is 0. The highest BCUT2D eigenvalue weighted by atomic mass is 28.4. The highest BCUT2D eigenvalue weighted by Gasteiger charge is 2.59. The van der Waals surface area contributed by atoms with Gasteiger partial charge in [0.05, 0.1) is 0 Å². The molecule has 3 saturated heterocycles. The fraction of sp³-hybridized carbons (Fsp3) is 1.00. The Morgan fingerprint density at radius 1 is 0.917 bits per heavy atom. The maximum absolute atomic E-state index is 4.82. The lowest BCUT2D eigenvalue weighted by Gasteiger charge is -2.50. The van der Waals surface area contributed by atoms with Crippen molar-refractivity contribution < 1.29 is 4.43 Å². The van der Waals surface area contributed by atoms with Gasteiger partial charge in [-0.05, 0) is 37.0 Å². The second kappa shape index (κ2) is 2.35. The molecule has 3 aliphatic heterocycles. The molecule has 0 atom stereocenters. The van der Waals surface area contributed by atoms with Crippen LogP contribution in [0.1, 0.15) is 19.3 Å². The average molecular weight is 183 g/mol. The van der Waals surface area contributed by atoms with Crippen molar-refractivity contribution in [2.75, 3.05) is 7.11 Å². The summed E-state index contributed by atoms with van der Waals surface area (Å²) in [4.78, 5) is 0. The van der Waals surface area contributed by atoms with E-state index in [1.807, 2.05) is 0 Å². The molecule has 1 saturated carbocycles. The number of rotatable bonds is 1. The summed E-state index contributed by atoms with van der Waals surface area (Å²) in [5.74, 6) is 3.35. The molecule has 1 N–H and O–H groups in total. The highest BCUT2D eigenvalue weighted by molar-refractivity contribution is 6.73. The van der Waals surface area contributed by atoms with Gasteiger partial charge in [0, 0.05) is 18.1 Å². The number of hydrogen-bond donors (Lipinski definition) is 0. The van der Waals surface area contributed by atoms with Crippen molar-refractivity contribution in [3.05, 3.63) is 0 Å². The van der Waals surface area contributed by atoms with Crippen LogP contribution in [-0.2, 0) is 0 Å². The molecule has 4 fully saturated rings. The first-order chi connectivity index (χ1) is 5.80. The lowest BCUT2D eigenvalue weighted by Crippen LogP contribution is -2.55. The van der Waals surface area contributed by atoms with E-state index in [1.54, 1.807) is 37.4 Å². The zero-order chi connectivity index (χ0) is 8.18. The van der Waals surface area contributed by atoms with Crippen LogP contribution < -0.4 is 0 Å². The van der Waals surface area contributed by atoms with Gasteiger partial charge in [0.2, 0.25) is 0 Å². The SMILES string of the molecule is C[OH+][Si]12CC3CC(CC(C3)C1)C2. The Hall–Kier alpha value is 0.177. The van der Waals surface area contributed by atoms with Gasteiger partial charge >= 0.3 is 8.32 Å². The van der Waals surface area contributed by atoms with E-state index in [1.165, 1.54) is 0 Å². The van der Waals surface area contributed by atoms with E-state index >= 15 is 0 Å².